The molecule has 3 rings (SSSR count). The Morgan fingerprint density at radius 2 is 1.81 bits per heavy atom. The number of benzene rings is 2. The fourth-order valence-corrected chi connectivity index (χ4v) is 3.60. The Morgan fingerprint density at radius 1 is 1.11 bits per heavy atom. The van der Waals surface area contributed by atoms with E-state index in [1.54, 1.807) is 0 Å². The summed E-state index contributed by atoms with van der Waals surface area (Å²) in [6.45, 7) is 4.02. The van der Waals surface area contributed by atoms with Crippen molar-refractivity contribution in [1.82, 2.24) is 10.2 Å². The van der Waals surface area contributed by atoms with E-state index in [0.29, 0.717) is 13.1 Å². The van der Waals surface area contributed by atoms with Gasteiger partial charge in [-0.25, -0.2) is 4.79 Å². The Hall–Kier alpha value is -2.09. The lowest BCUT2D eigenvalue weighted by Crippen LogP contribution is -2.44. The predicted octanol–water partition coefficient (Wildman–Crippen LogP) is 4.27. The van der Waals surface area contributed by atoms with Gasteiger partial charge < -0.3 is 15.5 Å². The van der Waals surface area contributed by atoms with E-state index in [0.717, 1.165) is 39.8 Å². The molecule has 2 aromatic carbocycles. The van der Waals surface area contributed by atoms with Crippen LogP contribution in [0.1, 0.15) is 28.8 Å². The summed E-state index contributed by atoms with van der Waals surface area (Å²) in [7, 11) is 0. The maximum Gasteiger partial charge on any atom is 0.319 e. The Kier molecular flexibility index (Phi) is 6.71. The van der Waals surface area contributed by atoms with Gasteiger partial charge in [-0.05, 0) is 84.7 Å². The highest BCUT2D eigenvalue weighted by Gasteiger charge is 2.24. The molecule has 2 aromatic rings. The van der Waals surface area contributed by atoms with Crippen LogP contribution in [0.5, 0.6) is 0 Å². The fourth-order valence-electron chi connectivity index (χ4n) is 3.24. The predicted molar refractivity (Wildman–Crippen MR) is 116 cm³/mol. The van der Waals surface area contributed by atoms with Crippen molar-refractivity contribution in [1.29, 1.82) is 0 Å². The number of piperidine rings is 1. The summed E-state index contributed by atoms with van der Waals surface area (Å²) in [6, 6.07) is 15.1. The molecule has 0 aliphatic carbocycles. The van der Waals surface area contributed by atoms with E-state index in [1.807, 2.05) is 60.4 Å². The van der Waals surface area contributed by atoms with Crippen LogP contribution in [0.4, 0.5) is 10.5 Å². The van der Waals surface area contributed by atoms with Gasteiger partial charge in [0.05, 0.1) is 0 Å². The molecule has 142 valence electrons. The largest absolute Gasteiger partial charge is 0.338 e. The quantitative estimate of drug-likeness (QED) is 0.647. The summed E-state index contributed by atoms with van der Waals surface area (Å²) in [5.74, 6) is 0.343. The van der Waals surface area contributed by atoms with E-state index >= 15 is 0 Å². The summed E-state index contributed by atoms with van der Waals surface area (Å²) in [6.07, 6.45) is 1.98. The summed E-state index contributed by atoms with van der Waals surface area (Å²) < 4.78 is 1.12. The molecule has 0 bridgehead atoms. The molecule has 1 heterocycles. The van der Waals surface area contributed by atoms with Crippen LogP contribution in [0.2, 0.25) is 0 Å². The van der Waals surface area contributed by atoms with Gasteiger partial charge in [-0.15, -0.1) is 0 Å². The summed E-state index contributed by atoms with van der Waals surface area (Å²) in [5.41, 5.74) is 2.65. The second-order valence-corrected chi connectivity index (χ2v) is 8.21. The number of hydrogen-bond donors (Lipinski definition) is 2. The molecule has 27 heavy (non-hydrogen) atoms. The minimum atomic E-state index is -0.208. The third kappa shape index (κ3) is 5.69. The van der Waals surface area contributed by atoms with Crippen LogP contribution in [0.15, 0.2) is 48.5 Å². The lowest BCUT2D eigenvalue weighted by atomic mass is 9.97. The number of urea groups is 1. The van der Waals surface area contributed by atoms with Crippen molar-refractivity contribution in [3.05, 3.63) is 63.2 Å². The van der Waals surface area contributed by atoms with Crippen LogP contribution in [0.25, 0.3) is 0 Å². The van der Waals surface area contributed by atoms with E-state index in [1.165, 1.54) is 0 Å². The highest BCUT2D eigenvalue weighted by atomic mass is 127. The van der Waals surface area contributed by atoms with E-state index in [9.17, 15) is 9.59 Å². The van der Waals surface area contributed by atoms with Gasteiger partial charge in [0.2, 0.25) is 0 Å². The molecule has 1 unspecified atom stereocenters. The van der Waals surface area contributed by atoms with Crippen molar-refractivity contribution in [2.45, 2.75) is 19.8 Å². The first kappa shape index (κ1) is 19.7. The standard InChI is InChI=1S/C21H24IN3O2/c1-15-4-10-19(11-5-15)24-21(27)23-13-16-3-2-12-25(14-16)20(26)17-6-8-18(22)9-7-17/h4-11,16H,2-3,12-14H2,1H3,(H2,23,24,27). The third-order valence-corrected chi connectivity index (χ3v) is 5.48. The minimum Gasteiger partial charge on any atom is -0.338 e. The minimum absolute atomic E-state index is 0.0696. The number of amides is 3. The van der Waals surface area contributed by atoms with Crippen LogP contribution < -0.4 is 10.6 Å². The van der Waals surface area contributed by atoms with Crippen LogP contribution in [0, 0.1) is 16.4 Å². The van der Waals surface area contributed by atoms with E-state index < -0.39 is 0 Å². The SMILES string of the molecule is Cc1ccc(NC(=O)NCC2CCCN(C(=O)c3ccc(I)cc3)C2)cc1. The number of nitrogens with one attached hydrogen (secondary N) is 2. The Labute approximate surface area is 173 Å². The Morgan fingerprint density at radius 3 is 2.52 bits per heavy atom. The van der Waals surface area contributed by atoms with Crippen molar-refractivity contribution >= 4 is 40.2 Å². The van der Waals surface area contributed by atoms with Crippen LogP contribution in [-0.4, -0.2) is 36.5 Å². The molecule has 0 spiro atoms. The van der Waals surface area contributed by atoms with Crippen molar-refractivity contribution in [2.75, 3.05) is 25.0 Å². The van der Waals surface area contributed by atoms with Crippen molar-refractivity contribution in [2.24, 2.45) is 5.92 Å². The number of halogens is 1. The number of anilines is 1. The molecule has 1 aliphatic rings. The Balaban J connectivity index is 1.49. The van der Waals surface area contributed by atoms with Gasteiger partial charge in [0, 0.05) is 34.5 Å². The maximum absolute atomic E-state index is 12.7. The van der Waals surface area contributed by atoms with Gasteiger partial charge in [-0.1, -0.05) is 17.7 Å². The number of likely N-dealkylation sites (tertiary alicyclic amines) is 1. The van der Waals surface area contributed by atoms with Crippen molar-refractivity contribution < 1.29 is 9.59 Å². The summed E-state index contributed by atoms with van der Waals surface area (Å²) >= 11 is 2.23. The van der Waals surface area contributed by atoms with Crippen molar-refractivity contribution in [3.63, 3.8) is 0 Å². The van der Waals surface area contributed by atoms with Gasteiger partial charge >= 0.3 is 6.03 Å². The first-order valence-corrected chi connectivity index (χ1v) is 10.3. The monoisotopic (exact) mass is 477 g/mol. The number of carbonyl (C=O) groups excluding carboxylic acids is 2. The number of nitrogens with zero attached hydrogens (tertiary/aromatic N) is 1. The average molecular weight is 477 g/mol. The molecule has 1 fully saturated rings. The second-order valence-electron chi connectivity index (χ2n) is 6.97. The van der Waals surface area contributed by atoms with E-state index in [2.05, 4.69) is 33.2 Å². The normalized spacial score (nSPS) is 16.7. The van der Waals surface area contributed by atoms with E-state index in [-0.39, 0.29) is 17.9 Å². The third-order valence-electron chi connectivity index (χ3n) is 4.76. The molecule has 6 heteroatoms. The zero-order chi connectivity index (χ0) is 19.2. The van der Waals surface area contributed by atoms with Gasteiger partial charge in [0.1, 0.15) is 0 Å². The zero-order valence-corrected chi connectivity index (χ0v) is 17.5. The molecular weight excluding hydrogens is 453 g/mol. The highest BCUT2D eigenvalue weighted by Crippen LogP contribution is 2.19. The molecule has 1 atom stereocenters. The topological polar surface area (TPSA) is 61.4 Å². The van der Waals surface area contributed by atoms with Crippen molar-refractivity contribution in [3.8, 4) is 0 Å². The van der Waals surface area contributed by atoms with Crippen LogP contribution in [-0.2, 0) is 0 Å². The molecule has 0 saturated carbocycles. The average Bonchev–Trinajstić information content (AvgIpc) is 2.68. The van der Waals surface area contributed by atoms with Gasteiger partial charge in [0.15, 0.2) is 0 Å². The lowest BCUT2D eigenvalue weighted by Gasteiger charge is -2.33. The summed E-state index contributed by atoms with van der Waals surface area (Å²) in [5, 5.41) is 5.78. The molecule has 0 radical (unpaired) electrons. The van der Waals surface area contributed by atoms with Gasteiger partial charge in [0.25, 0.3) is 5.91 Å². The maximum atomic E-state index is 12.7. The molecule has 0 aromatic heterocycles. The molecular formula is C21H24IN3O2. The van der Waals surface area contributed by atoms with Crippen LogP contribution in [0.3, 0.4) is 0 Å². The summed E-state index contributed by atoms with van der Waals surface area (Å²) in [4.78, 5) is 26.7. The van der Waals surface area contributed by atoms with Crippen LogP contribution >= 0.6 is 22.6 Å². The Bertz CT molecular complexity index is 790. The smallest absolute Gasteiger partial charge is 0.319 e. The van der Waals surface area contributed by atoms with E-state index in [4.69, 9.17) is 0 Å². The van der Waals surface area contributed by atoms with Gasteiger partial charge in [-0.2, -0.15) is 0 Å². The molecule has 2 N–H and O–H groups in total. The lowest BCUT2D eigenvalue weighted by molar-refractivity contribution is 0.0675. The first-order valence-electron chi connectivity index (χ1n) is 9.17. The molecule has 3 amide bonds. The molecule has 1 saturated heterocycles. The first-order chi connectivity index (χ1) is 13.0. The zero-order valence-electron chi connectivity index (χ0n) is 15.4. The molecule has 1 aliphatic heterocycles. The fraction of sp³-hybridized carbons (Fsp3) is 0.333. The number of carbonyl (C=O) groups is 2. The molecule has 5 nitrogen and oxygen atoms in total. The highest BCUT2D eigenvalue weighted by molar-refractivity contribution is 14.1. The van der Waals surface area contributed by atoms with Gasteiger partial charge in [-0.3, -0.25) is 4.79 Å². The number of aryl methyl sites for hydroxylation is 1. The second kappa shape index (κ2) is 9.21. The number of rotatable bonds is 4. The number of hydrogen-bond acceptors (Lipinski definition) is 2.